The minimum absolute atomic E-state index is 0.0798. The van der Waals surface area contributed by atoms with Crippen molar-refractivity contribution in [1.29, 1.82) is 0 Å². The number of carbonyl (C=O) groups is 4. The lowest BCUT2D eigenvalue weighted by molar-refractivity contribution is -0.144. The van der Waals surface area contributed by atoms with E-state index in [0.717, 1.165) is 6.08 Å². The Labute approximate surface area is 219 Å². The van der Waals surface area contributed by atoms with Crippen LogP contribution in [0, 0.1) is 11.8 Å². The van der Waals surface area contributed by atoms with Crippen molar-refractivity contribution in [2.75, 3.05) is 6.79 Å². The molecule has 0 aromatic heterocycles. The average molecular weight is 510 g/mol. The second-order valence-electron chi connectivity index (χ2n) is 7.43. The van der Waals surface area contributed by atoms with Crippen LogP contribution in [-0.4, -0.2) is 30.5 Å². The largest absolute Gasteiger partial charge is 0.457 e. The molecular weight excluding hydrogens is 488 g/mol. The molecule has 0 saturated carbocycles. The third kappa shape index (κ3) is 8.36. The fourth-order valence-corrected chi connectivity index (χ4v) is 2.80. The number of ketones is 1. The van der Waals surface area contributed by atoms with Gasteiger partial charge in [-0.2, -0.15) is 0 Å². The molecule has 8 nitrogen and oxygen atoms in total. The highest BCUT2D eigenvalue weighted by Crippen LogP contribution is 2.21. The summed E-state index contributed by atoms with van der Waals surface area (Å²) >= 11 is 0. The summed E-state index contributed by atoms with van der Waals surface area (Å²) in [6.07, 6.45) is 2.32. The SMILES string of the molecule is C=CC(=O)CC#Cc1ccc(C(=O)Oc2ccc(OC(=O)c3ccc(OCOC(=O)C=C)cc3)cc2)cc1. The molecule has 38 heavy (non-hydrogen) atoms. The van der Waals surface area contributed by atoms with Crippen LogP contribution < -0.4 is 14.2 Å². The minimum Gasteiger partial charge on any atom is -0.457 e. The summed E-state index contributed by atoms with van der Waals surface area (Å²) in [5, 5.41) is 0. The fraction of sp³-hybridized carbons (Fsp3) is 0.0667. The quantitative estimate of drug-likeness (QED) is 0.127. The lowest BCUT2D eigenvalue weighted by atomic mass is 10.1. The van der Waals surface area contributed by atoms with Gasteiger partial charge in [-0.3, -0.25) is 4.79 Å². The van der Waals surface area contributed by atoms with Gasteiger partial charge in [-0.25, -0.2) is 14.4 Å². The van der Waals surface area contributed by atoms with Crippen molar-refractivity contribution in [2.24, 2.45) is 0 Å². The van der Waals surface area contributed by atoms with Crippen molar-refractivity contribution in [3.8, 4) is 29.1 Å². The summed E-state index contributed by atoms with van der Waals surface area (Å²) in [5.74, 6) is 4.55. The lowest BCUT2D eigenvalue weighted by Gasteiger charge is -2.08. The Balaban J connectivity index is 1.50. The van der Waals surface area contributed by atoms with E-state index in [-0.39, 0.29) is 36.1 Å². The van der Waals surface area contributed by atoms with Crippen LogP contribution in [0.4, 0.5) is 0 Å². The number of benzene rings is 3. The van der Waals surface area contributed by atoms with Gasteiger partial charge in [-0.1, -0.05) is 25.0 Å². The van der Waals surface area contributed by atoms with Gasteiger partial charge in [0.15, 0.2) is 5.78 Å². The highest BCUT2D eigenvalue weighted by Gasteiger charge is 2.11. The molecule has 0 heterocycles. The summed E-state index contributed by atoms with van der Waals surface area (Å²) in [7, 11) is 0. The molecule has 0 spiro atoms. The lowest BCUT2D eigenvalue weighted by Crippen LogP contribution is -2.10. The minimum atomic E-state index is -0.610. The van der Waals surface area contributed by atoms with E-state index >= 15 is 0 Å². The Morgan fingerprint density at radius 1 is 0.684 bits per heavy atom. The summed E-state index contributed by atoms with van der Waals surface area (Å²) in [6.45, 7) is 6.38. The maximum atomic E-state index is 12.4. The molecule has 0 aliphatic rings. The maximum Gasteiger partial charge on any atom is 0.343 e. The van der Waals surface area contributed by atoms with Crippen molar-refractivity contribution in [3.63, 3.8) is 0 Å². The molecule has 0 amide bonds. The van der Waals surface area contributed by atoms with Gasteiger partial charge in [0.1, 0.15) is 17.2 Å². The van der Waals surface area contributed by atoms with E-state index < -0.39 is 17.9 Å². The van der Waals surface area contributed by atoms with Gasteiger partial charge in [0.05, 0.1) is 17.5 Å². The molecule has 0 atom stereocenters. The van der Waals surface area contributed by atoms with Crippen LogP contribution in [0.1, 0.15) is 32.7 Å². The molecule has 0 fully saturated rings. The summed E-state index contributed by atoms with van der Waals surface area (Å²) in [4.78, 5) is 47.0. The van der Waals surface area contributed by atoms with Crippen LogP contribution in [0.2, 0.25) is 0 Å². The second kappa shape index (κ2) is 13.6. The Bertz CT molecular complexity index is 1390. The predicted octanol–water partition coefficient (Wildman–Crippen LogP) is 4.69. The van der Waals surface area contributed by atoms with Crippen LogP contribution in [0.15, 0.2) is 98.1 Å². The molecule has 0 radical (unpaired) electrons. The third-order valence-electron chi connectivity index (χ3n) is 4.77. The Kier molecular flexibility index (Phi) is 9.73. The van der Waals surface area contributed by atoms with Crippen molar-refractivity contribution < 1.29 is 38.1 Å². The highest BCUT2D eigenvalue weighted by atomic mass is 16.7. The number of ether oxygens (including phenoxy) is 4. The van der Waals surface area contributed by atoms with Crippen molar-refractivity contribution in [2.45, 2.75) is 6.42 Å². The van der Waals surface area contributed by atoms with E-state index in [1.807, 2.05) is 0 Å². The van der Waals surface area contributed by atoms with Crippen molar-refractivity contribution >= 4 is 23.7 Å². The molecule has 3 aromatic rings. The number of esters is 3. The summed E-state index contributed by atoms with van der Waals surface area (Å²) in [5.41, 5.74) is 1.25. The molecule has 8 heteroatoms. The number of hydrogen-bond acceptors (Lipinski definition) is 8. The smallest absolute Gasteiger partial charge is 0.343 e. The van der Waals surface area contributed by atoms with Crippen LogP contribution in [-0.2, 0) is 14.3 Å². The van der Waals surface area contributed by atoms with Crippen LogP contribution in [0.3, 0.4) is 0 Å². The molecule has 0 saturated heterocycles. The number of hydrogen-bond donors (Lipinski definition) is 0. The molecule has 0 aliphatic heterocycles. The first-order chi connectivity index (χ1) is 18.4. The molecule has 3 rings (SSSR count). The number of allylic oxidation sites excluding steroid dienone is 1. The number of rotatable bonds is 10. The van der Waals surface area contributed by atoms with Gasteiger partial charge < -0.3 is 18.9 Å². The topological polar surface area (TPSA) is 105 Å². The Morgan fingerprint density at radius 3 is 1.68 bits per heavy atom. The first kappa shape index (κ1) is 27.2. The Morgan fingerprint density at radius 2 is 1.18 bits per heavy atom. The van der Waals surface area contributed by atoms with Crippen molar-refractivity contribution in [3.05, 3.63) is 115 Å². The van der Waals surface area contributed by atoms with Crippen molar-refractivity contribution in [1.82, 2.24) is 0 Å². The van der Waals surface area contributed by atoms with Gasteiger partial charge in [0.2, 0.25) is 6.79 Å². The van der Waals surface area contributed by atoms with Gasteiger partial charge in [0.25, 0.3) is 0 Å². The van der Waals surface area contributed by atoms with Gasteiger partial charge in [0, 0.05) is 11.6 Å². The van der Waals surface area contributed by atoms with E-state index in [2.05, 4.69) is 25.0 Å². The van der Waals surface area contributed by atoms with E-state index in [0.29, 0.717) is 16.9 Å². The van der Waals surface area contributed by atoms with E-state index in [4.69, 9.17) is 18.9 Å². The second-order valence-corrected chi connectivity index (χ2v) is 7.43. The van der Waals surface area contributed by atoms with E-state index in [9.17, 15) is 19.2 Å². The highest BCUT2D eigenvalue weighted by molar-refractivity contribution is 5.92. The maximum absolute atomic E-state index is 12.4. The first-order valence-corrected chi connectivity index (χ1v) is 11.2. The Hall–Kier alpha value is -5.42. The van der Waals surface area contributed by atoms with Gasteiger partial charge >= 0.3 is 17.9 Å². The monoisotopic (exact) mass is 510 g/mol. The summed E-state index contributed by atoms with van der Waals surface area (Å²) < 4.78 is 20.7. The summed E-state index contributed by atoms with van der Waals surface area (Å²) in [6, 6.07) is 18.5. The van der Waals surface area contributed by atoms with Gasteiger partial charge in [-0.05, 0) is 78.9 Å². The van der Waals surface area contributed by atoms with Crippen LogP contribution in [0.5, 0.6) is 17.2 Å². The van der Waals surface area contributed by atoms with E-state index in [1.165, 1.54) is 54.6 Å². The average Bonchev–Trinajstić information content (AvgIpc) is 2.94. The van der Waals surface area contributed by atoms with Crippen LogP contribution >= 0.6 is 0 Å². The predicted molar refractivity (Wildman–Crippen MR) is 138 cm³/mol. The molecule has 0 N–H and O–H groups in total. The fourth-order valence-electron chi connectivity index (χ4n) is 2.80. The standard InChI is InChI=1S/C30H22O8/c1-3-24(31)7-5-6-21-8-10-22(11-9-21)29(33)37-26-16-18-27(19-17-26)38-30(34)23-12-14-25(15-13-23)35-20-36-28(32)4-2/h3-4,8-19H,1-2,7,20H2. The number of carbonyl (C=O) groups excluding carboxylic acids is 4. The molecule has 190 valence electrons. The first-order valence-electron chi connectivity index (χ1n) is 11.2. The molecular formula is C30H22O8. The van der Waals surface area contributed by atoms with Gasteiger partial charge in [-0.15, -0.1) is 0 Å². The zero-order valence-electron chi connectivity index (χ0n) is 20.2. The van der Waals surface area contributed by atoms with E-state index in [1.54, 1.807) is 24.3 Å². The van der Waals surface area contributed by atoms with Crippen LogP contribution in [0.25, 0.3) is 0 Å². The normalized spacial score (nSPS) is 9.68. The molecule has 0 bridgehead atoms. The third-order valence-corrected chi connectivity index (χ3v) is 4.77. The molecule has 0 aliphatic carbocycles. The zero-order valence-corrected chi connectivity index (χ0v) is 20.2. The molecule has 3 aromatic carbocycles. The molecule has 0 unspecified atom stereocenters. The zero-order chi connectivity index (χ0) is 27.3.